The van der Waals surface area contributed by atoms with Crippen molar-refractivity contribution in [3.63, 3.8) is 0 Å². The molecule has 1 rings (SSSR count). The highest BCUT2D eigenvalue weighted by molar-refractivity contribution is 8.00. The van der Waals surface area contributed by atoms with Gasteiger partial charge in [0, 0.05) is 16.1 Å². The predicted molar refractivity (Wildman–Crippen MR) is 73.5 cm³/mol. The number of ketones is 1. The number of carbonyl (C=O) groups is 1. The highest BCUT2D eigenvalue weighted by Crippen LogP contribution is 2.29. The first-order valence-corrected chi connectivity index (χ1v) is 6.68. The summed E-state index contributed by atoms with van der Waals surface area (Å²) >= 11 is 1.71. The molecule has 0 aliphatic heterocycles. The fraction of sp³-hybridized carbons (Fsp3) is 0.538. The second-order valence-corrected chi connectivity index (χ2v) is 6.31. The molecule has 0 aliphatic carbocycles. The number of rotatable bonds is 4. The third kappa shape index (κ3) is 3.46. The lowest BCUT2D eigenvalue weighted by Gasteiger charge is -2.12. The van der Waals surface area contributed by atoms with Gasteiger partial charge in [-0.05, 0) is 13.0 Å². The van der Waals surface area contributed by atoms with Crippen molar-refractivity contribution in [1.29, 1.82) is 0 Å². The van der Waals surface area contributed by atoms with E-state index in [1.165, 1.54) is 0 Å². The molecule has 2 N–H and O–H groups in total. The van der Waals surface area contributed by atoms with Gasteiger partial charge in [-0.15, -0.1) is 11.8 Å². The highest BCUT2D eigenvalue weighted by Gasteiger charge is 2.17. The number of pyridine rings is 1. The van der Waals surface area contributed by atoms with Gasteiger partial charge in [0.25, 0.3) is 0 Å². The number of carbonyl (C=O) groups excluding carboxylic acids is 1. The van der Waals surface area contributed by atoms with Crippen LogP contribution in [0, 0.1) is 12.8 Å². The van der Waals surface area contributed by atoms with Crippen molar-refractivity contribution in [3.8, 4) is 0 Å². The number of aromatic nitrogens is 1. The van der Waals surface area contributed by atoms with Gasteiger partial charge < -0.3 is 5.73 Å². The molecule has 3 nitrogen and oxygen atoms in total. The van der Waals surface area contributed by atoms with E-state index >= 15 is 0 Å². The molecule has 1 aromatic heterocycles. The Morgan fingerprint density at radius 2 is 1.94 bits per heavy atom. The summed E-state index contributed by atoms with van der Waals surface area (Å²) in [6.45, 7) is 9.87. The smallest absolute Gasteiger partial charge is 0.185 e. The molecule has 17 heavy (non-hydrogen) atoms. The van der Waals surface area contributed by atoms with E-state index in [2.05, 4.69) is 18.8 Å². The van der Waals surface area contributed by atoms with E-state index in [0.717, 1.165) is 10.6 Å². The molecule has 0 unspecified atom stereocenters. The maximum atomic E-state index is 11.9. The summed E-state index contributed by atoms with van der Waals surface area (Å²) in [6.07, 6.45) is 0. The first kappa shape index (κ1) is 14.0. The molecule has 0 amide bonds. The molecule has 1 heterocycles. The molecule has 0 saturated heterocycles. The molecular weight excluding hydrogens is 232 g/mol. The van der Waals surface area contributed by atoms with Crippen LogP contribution in [0.5, 0.6) is 0 Å². The monoisotopic (exact) mass is 252 g/mol. The van der Waals surface area contributed by atoms with Crippen molar-refractivity contribution < 1.29 is 4.79 Å². The topological polar surface area (TPSA) is 56.0 Å². The number of Topliss-reactive ketones (excluding diaryl/α,β-unsaturated/α-hetero) is 1. The minimum absolute atomic E-state index is 0.00620. The van der Waals surface area contributed by atoms with Crippen molar-refractivity contribution in [1.82, 2.24) is 4.98 Å². The Hall–Kier alpha value is -1.03. The fourth-order valence-electron chi connectivity index (χ4n) is 1.45. The van der Waals surface area contributed by atoms with Gasteiger partial charge in [0.1, 0.15) is 5.69 Å². The second-order valence-electron chi connectivity index (χ2n) is 4.70. The van der Waals surface area contributed by atoms with E-state index < -0.39 is 0 Å². The summed E-state index contributed by atoms with van der Waals surface area (Å²) in [6, 6.07) is 1.86. The van der Waals surface area contributed by atoms with Gasteiger partial charge in [0.2, 0.25) is 0 Å². The Labute approximate surface area is 107 Å². The van der Waals surface area contributed by atoms with E-state index in [1.54, 1.807) is 11.8 Å². The van der Waals surface area contributed by atoms with Crippen LogP contribution in [0.25, 0.3) is 0 Å². The number of hydrogen-bond acceptors (Lipinski definition) is 4. The zero-order chi connectivity index (χ0) is 13.2. The largest absolute Gasteiger partial charge is 0.397 e. The lowest BCUT2D eigenvalue weighted by Crippen LogP contribution is -2.13. The first-order chi connectivity index (χ1) is 7.82. The van der Waals surface area contributed by atoms with E-state index in [9.17, 15) is 4.79 Å². The van der Waals surface area contributed by atoms with Gasteiger partial charge in [-0.3, -0.25) is 4.79 Å². The molecule has 0 radical (unpaired) electrons. The number of aryl methyl sites for hydroxylation is 1. The molecule has 94 valence electrons. The number of hydrogen-bond donors (Lipinski definition) is 1. The quantitative estimate of drug-likeness (QED) is 0.660. The van der Waals surface area contributed by atoms with Crippen molar-refractivity contribution in [2.24, 2.45) is 5.92 Å². The third-order valence-corrected chi connectivity index (χ3v) is 3.46. The SMILES string of the molecule is Cc1nc(C(=O)C(C)C)c(N)cc1SC(C)C. The summed E-state index contributed by atoms with van der Waals surface area (Å²) in [5, 5.41) is 0.474. The van der Waals surface area contributed by atoms with Crippen LogP contribution in [-0.2, 0) is 0 Å². The van der Waals surface area contributed by atoms with Crippen LogP contribution in [0.15, 0.2) is 11.0 Å². The molecule has 0 spiro atoms. The van der Waals surface area contributed by atoms with E-state index in [0.29, 0.717) is 16.6 Å². The number of nitrogen functional groups attached to an aromatic ring is 1. The van der Waals surface area contributed by atoms with Gasteiger partial charge in [0.15, 0.2) is 5.78 Å². The molecule has 0 saturated carbocycles. The standard InChI is InChI=1S/C13H20N2OS/c1-7(2)13(16)12-10(14)6-11(9(5)15-12)17-8(3)4/h6-8H,14H2,1-5H3. The van der Waals surface area contributed by atoms with Crippen LogP contribution in [0.4, 0.5) is 5.69 Å². The zero-order valence-corrected chi connectivity index (χ0v) is 11.9. The van der Waals surface area contributed by atoms with E-state index in [4.69, 9.17) is 5.73 Å². The zero-order valence-electron chi connectivity index (χ0n) is 11.1. The minimum atomic E-state index is -0.0761. The van der Waals surface area contributed by atoms with Crippen LogP contribution < -0.4 is 5.73 Å². The minimum Gasteiger partial charge on any atom is -0.397 e. The normalized spacial score (nSPS) is 11.2. The van der Waals surface area contributed by atoms with Gasteiger partial charge in [-0.25, -0.2) is 4.98 Å². The molecule has 1 aromatic rings. The maximum absolute atomic E-state index is 11.9. The number of nitrogens with two attached hydrogens (primary N) is 1. The van der Waals surface area contributed by atoms with Crippen LogP contribution in [0.1, 0.15) is 43.9 Å². The van der Waals surface area contributed by atoms with Crippen molar-refractivity contribution >= 4 is 23.2 Å². The Balaban J connectivity index is 3.13. The van der Waals surface area contributed by atoms with E-state index in [-0.39, 0.29) is 11.7 Å². The molecule has 0 aliphatic rings. The van der Waals surface area contributed by atoms with Gasteiger partial charge >= 0.3 is 0 Å². The summed E-state index contributed by atoms with van der Waals surface area (Å²) in [4.78, 5) is 17.3. The summed E-state index contributed by atoms with van der Waals surface area (Å²) < 4.78 is 0. The Bertz CT molecular complexity index is 428. The number of anilines is 1. The molecule has 0 fully saturated rings. The van der Waals surface area contributed by atoms with Crippen molar-refractivity contribution in [2.75, 3.05) is 5.73 Å². The second kappa shape index (κ2) is 5.54. The van der Waals surface area contributed by atoms with Gasteiger partial charge in [-0.2, -0.15) is 0 Å². The van der Waals surface area contributed by atoms with Crippen LogP contribution in [0.3, 0.4) is 0 Å². The number of nitrogens with zero attached hydrogens (tertiary/aromatic N) is 1. The van der Waals surface area contributed by atoms with Crippen LogP contribution in [-0.4, -0.2) is 16.0 Å². The van der Waals surface area contributed by atoms with Crippen LogP contribution >= 0.6 is 11.8 Å². The van der Waals surface area contributed by atoms with Crippen molar-refractivity contribution in [2.45, 2.75) is 44.8 Å². The Morgan fingerprint density at radius 1 is 1.35 bits per heavy atom. The average Bonchev–Trinajstić information content (AvgIpc) is 2.21. The van der Waals surface area contributed by atoms with E-state index in [1.807, 2.05) is 26.8 Å². The van der Waals surface area contributed by atoms with Crippen molar-refractivity contribution in [3.05, 3.63) is 17.5 Å². The Kier molecular flexibility index (Phi) is 4.57. The average molecular weight is 252 g/mol. The summed E-state index contributed by atoms with van der Waals surface area (Å²) in [5.41, 5.74) is 7.68. The summed E-state index contributed by atoms with van der Waals surface area (Å²) in [7, 11) is 0. The highest BCUT2D eigenvalue weighted by atomic mass is 32.2. The first-order valence-electron chi connectivity index (χ1n) is 5.81. The van der Waals surface area contributed by atoms with Gasteiger partial charge in [0.05, 0.1) is 11.4 Å². The fourth-order valence-corrected chi connectivity index (χ4v) is 2.36. The molecule has 4 heteroatoms. The lowest BCUT2D eigenvalue weighted by molar-refractivity contribution is 0.0935. The van der Waals surface area contributed by atoms with Gasteiger partial charge in [-0.1, -0.05) is 27.7 Å². The van der Waals surface area contributed by atoms with Crippen LogP contribution in [0.2, 0.25) is 0 Å². The molecule has 0 aromatic carbocycles. The predicted octanol–water partition coefficient (Wildman–Crippen LogP) is 3.31. The maximum Gasteiger partial charge on any atom is 0.185 e. The molecule has 0 atom stereocenters. The number of thioether (sulfide) groups is 1. The molecule has 0 bridgehead atoms. The lowest BCUT2D eigenvalue weighted by atomic mass is 10.0. The molecular formula is C13H20N2OS. The summed E-state index contributed by atoms with van der Waals surface area (Å²) in [5.74, 6) is -0.0699. The Morgan fingerprint density at radius 3 is 2.41 bits per heavy atom. The third-order valence-electron chi connectivity index (χ3n) is 2.32.